The molecular formula is C9H9O2. The van der Waals surface area contributed by atoms with Crippen molar-refractivity contribution in [2.24, 2.45) is 0 Å². The lowest BCUT2D eigenvalue weighted by Gasteiger charge is -2.19. The molecule has 0 N–H and O–H groups in total. The number of ether oxygens (including phenoxy) is 1. The minimum absolute atomic E-state index is 0.561. The Kier molecular flexibility index (Phi) is 1.55. The van der Waals surface area contributed by atoms with Crippen molar-refractivity contribution in [3.63, 3.8) is 0 Å². The fourth-order valence-corrected chi connectivity index (χ4v) is 1.31. The number of hydrogen-bond acceptors (Lipinski definition) is 1. The SMILES string of the molecule is [O]C1CCOc2ccccc21. The number of hydrogen-bond donors (Lipinski definition) is 0. The first-order chi connectivity index (χ1) is 5.38. The molecule has 11 heavy (non-hydrogen) atoms. The van der Waals surface area contributed by atoms with E-state index in [9.17, 15) is 5.11 Å². The second-order valence-corrected chi connectivity index (χ2v) is 2.66. The number of para-hydroxylation sites is 1. The van der Waals surface area contributed by atoms with Gasteiger partial charge < -0.3 is 4.74 Å². The second kappa shape index (κ2) is 2.55. The lowest BCUT2D eigenvalue weighted by Crippen LogP contribution is -2.12. The third-order valence-corrected chi connectivity index (χ3v) is 1.90. The van der Waals surface area contributed by atoms with E-state index in [2.05, 4.69) is 0 Å². The zero-order valence-corrected chi connectivity index (χ0v) is 6.12. The van der Waals surface area contributed by atoms with Crippen LogP contribution in [0, 0.1) is 0 Å². The maximum Gasteiger partial charge on any atom is 0.125 e. The summed E-state index contributed by atoms with van der Waals surface area (Å²) >= 11 is 0. The van der Waals surface area contributed by atoms with Crippen LogP contribution in [-0.2, 0) is 5.11 Å². The van der Waals surface area contributed by atoms with Crippen LogP contribution in [0.15, 0.2) is 24.3 Å². The van der Waals surface area contributed by atoms with Gasteiger partial charge in [0.05, 0.1) is 6.61 Å². The van der Waals surface area contributed by atoms with Crippen LogP contribution in [0.25, 0.3) is 0 Å². The van der Waals surface area contributed by atoms with Gasteiger partial charge in [-0.25, -0.2) is 5.11 Å². The van der Waals surface area contributed by atoms with Crippen LogP contribution in [0.4, 0.5) is 0 Å². The third-order valence-electron chi connectivity index (χ3n) is 1.90. The predicted molar refractivity (Wildman–Crippen MR) is 40.0 cm³/mol. The molecule has 0 aliphatic carbocycles. The van der Waals surface area contributed by atoms with Crippen molar-refractivity contribution in [2.45, 2.75) is 12.5 Å². The largest absolute Gasteiger partial charge is 0.493 e. The molecule has 0 aromatic heterocycles. The van der Waals surface area contributed by atoms with E-state index >= 15 is 0 Å². The smallest absolute Gasteiger partial charge is 0.125 e. The Morgan fingerprint density at radius 1 is 1.36 bits per heavy atom. The van der Waals surface area contributed by atoms with E-state index in [1.807, 2.05) is 24.3 Å². The van der Waals surface area contributed by atoms with E-state index in [-0.39, 0.29) is 0 Å². The standard InChI is InChI=1S/C9H9O2/c10-8-5-6-11-9-4-2-1-3-7(8)9/h1-4,8H,5-6H2. The van der Waals surface area contributed by atoms with Crippen LogP contribution in [0.2, 0.25) is 0 Å². The molecule has 0 saturated carbocycles. The molecular weight excluding hydrogens is 140 g/mol. The van der Waals surface area contributed by atoms with Gasteiger partial charge >= 0.3 is 0 Å². The normalized spacial score (nSPS) is 22.1. The molecule has 0 spiro atoms. The monoisotopic (exact) mass is 149 g/mol. The van der Waals surface area contributed by atoms with Gasteiger partial charge in [-0.2, -0.15) is 0 Å². The van der Waals surface area contributed by atoms with Gasteiger partial charge in [-0.1, -0.05) is 18.2 Å². The first-order valence-electron chi connectivity index (χ1n) is 3.75. The van der Waals surface area contributed by atoms with Crippen LogP contribution in [0.1, 0.15) is 18.1 Å². The summed E-state index contributed by atoms with van der Waals surface area (Å²) in [5, 5.41) is 11.3. The Morgan fingerprint density at radius 3 is 3.00 bits per heavy atom. The molecule has 2 rings (SSSR count). The molecule has 1 heterocycles. The molecule has 0 fully saturated rings. The molecule has 1 unspecified atom stereocenters. The van der Waals surface area contributed by atoms with Gasteiger partial charge in [0.25, 0.3) is 0 Å². The van der Waals surface area contributed by atoms with Gasteiger partial charge in [0.2, 0.25) is 0 Å². The molecule has 1 aliphatic rings. The van der Waals surface area contributed by atoms with E-state index in [0.29, 0.717) is 13.0 Å². The highest BCUT2D eigenvalue weighted by Crippen LogP contribution is 2.31. The average Bonchev–Trinajstić information content (AvgIpc) is 2.06. The zero-order chi connectivity index (χ0) is 7.68. The zero-order valence-electron chi connectivity index (χ0n) is 6.12. The highest BCUT2D eigenvalue weighted by atomic mass is 16.5. The lowest BCUT2D eigenvalue weighted by molar-refractivity contribution is 0.0497. The van der Waals surface area contributed by atoms with Gasteiger partial charge in [-0.3, -0.25) is 0 Å². The van der Waals surface area contributed by atoms with Crippen molar-refractivity contribution in [1.82, 2.24) is 0 Å². The van der Waals surface area contributed by atoms with Crippen molar-refractivity contribution >= 4 is 0 Å². The van der Waals surface area contributed by atoms with Crippen LogP contribution in [-0.4, -0.2) is 6.61 Å². The topological polar surface area (TPSA) is 29.1 Å². The van der Waals surface area contributed by atoms with Crippen LogP contribution >= 0.6 is 0 Å². The van der Waals surface area contributed by atoms with Gasteiger partial charge in [0, 0.05) is 12.0 Å². The van der Waals surface area contributed by atoms with Crippen LogP contribution in [0.3, 0.4) is 0 Å². The molecule has 1 aliphatic heterocycles. The molecule has 0 amide bonds. The average molecular weight is 149 g/mol. The highest BCUT2D eigenvalue weighted by Gasteiger charge is 2.18. The Hall–Kier alpha value is -1.02. The van der Waals surface area contributed by atoms with Gasteiger partial charge in [-0.05, 0) is 6.07 Å². The third kappa shape index (κ3) is 1.10. The minimum atomic E-state index is -0.583. The molecule has 1 atom stereocenters. The Morgan fingerprint density at radius 2 is 2.18 bits per heavy atom. The molecule has 57 valence electrons. The Bertz CT molecular complexity index is 257. The van der Waals surface area contributed by atoms with E-state index < -0.39 is 6.10 Å². The van der Waals surface area contributed by atoms with Gasteiger partial charge in [0.15, 0.2) is 0 Å². The van der Waals surface area contributed by atoms with Crippen molar-refractivity contribution < 1.29 is 9.84 Å². The summed E-state index contributed by atoms with van der Waals surface area (Å²) in [6.07, 6.45) is 0.0109. The van der Waals surface area contributed by atoms with E-state index in [0.717, 1.165) is 11.3 Å². The quantitative estimate of drug-likeness (QED) is 0.554. The lowest BCUT2D eigenvalue weighted by atomic mass is 10.0. The van der Waals surface area contributed by atoms with E-state index in [1.54, 1.807) is 0 Å². The van der Waals surface area contributed by atoms with Crippen molar-refractivity contribution in [1.29, 1.82) is 0 Å². The first-order valence-corrected chi connectivity index (χ1v) is 3.75. The number of benzene rings is 1. The Balaban J connectivity index is 2.44. The van der Waals surface area contributed by atoms with E-state index in [4.69, 9.17) is 4.74 Å². The second-order valence-electron chi connectivity index (χ2n) is 2.66. The molecule has 1 aromatic carbocycles. The van der Waals surface area contributed by atoms with E-state index in [1.165, 1.54) is 0 Å². The number of fused-ring (bicyclic) bond motifs is 1. The van der Waals surface area contributed by atoms with Crippen molar-refractivity contribution in [3.8, 4) is 5.75 Å². The molecule has 2 heteroatoms. The van der Waals surface area contributed by atoms with Gasteiger partial charge in [0.1, 0.15) is 11.9 Å². The minimum Gasteiger partial charge on any atom is -0.493 e. The molecule has 2 nitrogen and oxygen atoms in total. The summed E-state index contributed by atoms with van der Waals surface area (Å²) in [5.41, 5.74) is 0.804. The predicted octanol–water partition coefficient (Wildman–Crippen LogP) is 1.94. The fourth-order valence-electron chi connectivity index (χ4n) is 1.31. The van der Waals surface area contributed by atoms with Crippen molar-refractivity contribution in [3.05, 3.63) is 29.8 Å². The van der Waals surface area contributed by atoms with Crippen molar-refractivity contribution in [2.75, 3.05) is 6.61 Å². The summed E-state index contributed by atoms with van der Waals surface area (Å²) in [6.45, 7) is 0.561. The molecule has 1 aromatic rings. The highest BCUT2D eigenvalue weighted by molar-refractivity contribution is 5.36. The fraction of sp³-hybridized carbons (Fsp3) is 0.333. The molecule has 1 radical (unpaired) electrons. The van der Waals surface area contributed by atoms with Gasteiger partial charge in [-0.15, -0.1) is 0 Å². The summed E-state index contributed by atoms with van der Waals surface area (Å²) in [6, 6.07) is 7.45. The van der Waals surface area contributed by atoms with Crippen LogP contribution < -0.4 is 4.74 Å². The molecule has 0 saturated heterocycles. The summed E-state index contributed by atoms with van der Waals surface area (Å²) in [5.74, 6) is 0.763. The molecule has 0 bridgehead atoms. The number of rotatable bonds is 0. The Labute approximate surface area is 65.4 Å². The maximum absolute atomic E-state index is 11.3. The summed E-state index contributed by atoms with van der Waals surface area (Å²) in [4.78, 5) is 0. The summed E-state index contributed by atoms with van der Waals surface area (Å²) in [7, 11) is 0. The maximum atomic E-state index is 11.3. The first kappa shape index (κ1) is 6.68. The summed E-state index contributed by atoms with van der Waals surface area (Å²) < 4.78 is 5.29. The van der Waals surface area contributed by atoms with Crippen LogP contribution in [0.5, 0.6) is 5.75 Å².